The van der Waals surface area contributed by atoms with Crippen LogP contribution in [0.3, 0.4) is 0 Å². The molecule has 0 aliphatic heterocycles. The highest BCUT2D eigenvalue weighted by Crippen LogP contribution is 2.30. The van der Waals surface area contributed by atoms with Crippen molar-refractivity contribution in [3.05, 3.63) is 47.5 Å². The zero-order valence-electron chi connectivity index (χ0n) is 11.9. The fourth-order valence-electron chi connectivity index (χ4n) is 2.11. The molecule has 21 heavy (non-hydrogen) atoms. The van der Waals surface area contributed by atoms with E-state index in [-0.39, 0.29) is 0 Å². The predicted octanol–water partition coefficient (Wildman–Crippen LogP) is 3.93. The molecule has 0 fully saturated rings. The van der Waals surface area contributed by atoms with Gasteiger partial charge in [-0.25, -0.2) is 4.98 Å². The molecule has 0 spiro atoms. The lowest BCUT2D eigenvalue weighted by Gasteiger charge is -2.11. The number of aromatic nitrogens is 1. The van der Waals surface area contributed by atoms with Crippen LogP contribution in [0.4, 0.5) is 5.69 Å². The van der Waals surface area contributed by atoms with Crippen LogP contribution in [0.15, 0.2) is 42.5 Å². The molecule has 3 aromatic rings. The van der Waals surface area contributed by atoms with Gasteiger partial charge in [-0.1, -0.05) is 12.1 Å². The number of benzene rings is 2. The van der Waals surface area contributed by atoms with E-state index in [1.165, 1.54) is 4.70 Å². The first kappa shape index (κ1) is 13.7. The zero-order chi connectivity index (χ0) is 14.7. The Bertz CT molecular complexity index is 722. The molecule has 0 saturated carbocycles. The Morgan fingerprint density at radius 3 is 2.71 bits per heavy atom. The van der Waals surface area contributed by atoms with Gasteiger partial charge in [0.25, 0.3) is 0 Å². The maximum Gasteiger partial charge on any atom is 0.145 e. The Morgan fingerprint density at radius 1 is 1.10 bits per heavy atom. The Morgan fingerprint density at radius 2 is 1.95 bits per heavy atom. The van der Waals surface area contributed by atoms with Gasteiger partial charge in [0.2, 0.25) is 0 Å². The second-order valence-corrected chi connectivity index (χ2v) is 5.61. The number of nitrogens with zero attached hydrogens (tertiary/aromatic N) is 1. The van der Waals surface area contributed by atoms with Crippen LogP contribution in [0, 0.1) is 0 Å². The van der Waals surface area contributed by atoms with E-state index in [0.717, 1.165) is 27.7 Å². The number of fused-ring (bicyclic) bond motifs is 1. The molecule has 0 unspecified atom stereocenters. The van der Waals surface area contributed by atoms with Gasteiger partial charge in [-0.2, -0.15) is 0 Å². The van der Waals surface area contributed by atoms with Gasteiger partial charge >= 0.3 is 0 Å². The van der Waals surface area contributed by atoms with Gasteiger partial charge in [0.05, 0.1) is 36.7 Å². The minimum atomic E-state index is 0.669. The first-order chi connectivity index (χ1) is 10.3. The molecule has 0 aliphatic carbocycles. The Kier molecular flexibility index (Phi) is 3.92. The lowest BCUT2D eigenvalue weighted by molar-refractivity contribution is 0.395. The summed E-state index contributed by atoms with van der Waals surface area (Å²) in [5.41, 5.74) is 1.97. The quantitative estimate of drug-likeness (QED) is 0.775. The summed E-state index contributed by atoms with van der Waals surface area (Å²) >= 11 is 1.70. The van der Waals surface area contributed by atoms with Crippen molar-refractivity contribution >= 4 is 27.2 Å². The molecule has 0 atom stereocenters. The van der Waals surface area contributed by atoms with Crippen molar-refractivity contribution in [2.45, 2.75) is 6.54 Å². The van der Waals surface area contributed by atoms with Crippen LogP contribution in [-0.2, 0) is 6.54 Å². The van der Waals surface area contributed by atoms with E-state index in [1.807, 2.05) is 36.4 Å². The van der Waals surface area contributed by atoms with Crippen LogP contribution in [0.2, 0.25) is 0 Å². The molecule has 5 heteroatoms. The van der Waals surface area contributed by atoms with Crippen LogP contribution in [0.25, 0.3) is 10.2 Å². The van der Waals surface area contributed by atoms with Gasteiger partial charge in [-0.15, -0.1) is 11.3 Å². The van der Waals surface area contributed by atoms with E-state index >= 15 is 0 Å². The number of methoxy groups -OCH3 is 2. The van der Waals surface area contributed by atoms with Gasteiger partial charge < -0.3 is 14.8 Å². The molecule has 0 saturated heterocycles. The molecule has 108 valence electrons. The molecule has 0 radical (unpaired) electrons. The predicted molar refractivity (Wildman–Crippen MR) is 86.5 cm³/mol. The monoisotopic (exact) mass is 300 g/mol. The maximum absolute atomic E-state index is 5.38. The van der Waals surface area contributed by atoms with E-state index < -0.39 is 0 Å². The van der Waals surface area contributed by atoms with Gasteiger partial charge in [-0.05, 0) is 24.3 Å². The summed E-state index contributed by atoms with van der Waals surface area (Å²) in [5.74, 6) is 1.54. The summed E-state index contributed by atoms with van der Waals surface area (Å²) in [4.78, 5) is 4.61. The first-order valence-electron chi connectivity index (χ1n) is 6.60. The normalized spacial score (nSPS) is 10.6. The summed E-state index contributed by atoms with van der Waals surface area (Å²) in [5, 5.41) is 4.41. The highest BCUT2D eigenvalue weighted by molar-refractivity contribution is 7.18. The summed E-state index contributed by atoms with van der Waals surface area (Å²) in [6.45, 7) is 0.669. The van der Waals surface area contributed by atoms with Gasteiger partial charge in [0, 0.05) is 6.07 Å². The largest absolute Gasteiger partial charge is 0.497 e. The van der Waals surface area contributed by atoms with Crippen LogP contribution >= 0.6 is 11.3 Å². The van der Waals surface area contributed by atoms with Gasteiger partial charge in [0.1, 0.15) is 16.5 Å². The number of rotatable bonds is 5. The fraction of sp³-hybridized carbons (Fsp3) is 0.188. The molecule has 0 amide bonds. The van der Waals surface area contributed by atoms with E-state index in [4.69, 9.17) is 9.47 Å². The van der Waals surface area contributed by atoms with Crippen molar-refractivity contribution < 1.29 is 9.47 Å². The van der Waals surface area contributed by atoms with Crippen molar-refractivity contribution in [1.29, 1.82) is 0 Å². The van der Waals surface area contributed by atoms with Crippen molar-refractivity contribution in [3.63, 3.8) is 0 Å². The minimum Gasteiger partial charge on any atom is -0.497 e. The fourth-order valence-corrected chi connectivity index (χ4v) is 3.02. The third kappa shape index (κ3) is 2.92. The molecule has 0 aliphatic rings. The van der Waals surface area contributed by atoms with Crippen LogP contribution in [0.1, 0.15) is 5.01 Å². The third-order valence-electron chi connectivity index (χ3n) is 3.18. The lowest BCUT2D eigenvalue weighted by atomic mass is 10.2. The van der Waals surface area contributed by atoms with Crippen molar-refractivity contribution in [2.75, 3.05) is 19.5 Å². The molecule has 2 aromatic carbocycles. The van der Waals surface area contributed by atoms with Crippen molar-refractivity contribution in [3.8, 4) is 11.5 Å². The number of nitrogens with one attached hydrogen (secondary N) is 1. The Balaban J connectivity index is 1.77. The average molecular weight is 300 g/mol. The topological polar surface area (TPSA) is 43.4 Å². The first-order valence-corrected chi connectivity index (χ1v) is 7.42. The molecule has 0 bridgehead atoms. The zero-order valence-corrected chi connectivity index (χ0v) is 12.7. The Hall–Kier alpha value is -2.27. The van der Waals surface area contributed by atoms with Gasteiger partial charge in [0.15, 0.2) is 0 Å². The second kappa shape index (κ2) is 6.01. The minimum absolute atomic E-state index is 0.669. The summed E-state index contributed by atoms with van der Waals surface area (Å²) in [7, 11) is 3.29. The highest BCUT2D eigenvalue weighted by atomic mass is 32.1. The number of thiazole rings is 1. The third-order valence-corrected chi connectivity index (χ3v) is 4.21. The smallest absolute Gasteiger partial charge is 0.145 e. The number of hydrogen-bond donors (Lipinski definition) is 1. The second-order valence-electron chi connectivity index (χ2n) is 4.50. The summed E-state index contributed by atoms with van der Waals surface area (Å²) < 4.78 is 11.8. The molecule has 3 rings (SSSR count). The SMILES string of the molecule is COc1ccc(NCc2nc3ccccc3s2)c(OC)c1. The lowest BCUT2D eigenvalue weighted by Crippen LogP contribution is -2.01. The van der Waals surface area contributed by atoms with Crippen molar-refractivity contribution in [2.24, 2.45) is 0 Å². The van der Waals surface area contributed by atoms with E-state index in [0.29, 0.717) is 6.54 Å². The molecular formula is C16H16N2O2S. The Labute approximate surface area is 127 Å². The molecule has 1 aromatic heterocycles. The van der Waals surface area contributed by atoms with Gasteiger partial charge in [-0.3, -0.25) is 0 Å². The maximum atomic E-state index is 5.38. The number of para-hydroxylation sites is 1. The molecular weight excluding hydrogens is 284 g/mol. The number of anilines is 1. The van der Waals surface area contributed by atoms with E-state index in [1.54, 1.807) is 25.6 Å². The van der Waals surface area contributed by atoms with Crippen LogP contribution in [0.5, 0.6) is 11.5 Å². The van der Waals surface area contributed by atoms with Crippen molar-refractivity contribution in [1.82, 2.24) is 4.98 Å². The molecule has 1 heterocycles. The number of ether oxygens (including phenoxy) is 2. The highest BCUT2D eigenvalue weighted by Gasteiger charge is 2.07. The average Bonchev–Trinajstić information content (AvgIpc) is 2.95. The van der Waals surface area contributed by atoms with Crippen LogP contribution < -0.4 is 14.8 Å². The molecule has 4 nitrogen and oxygen atoms in total. The summed E-state index contributed by atoms with van der Waals surface area (Å²) in [6.07, 6.45) is 0. The number of hydrogen-bond acceptors (Lipinski definition) is 5. The van der Waals surface area contributed by atoms with E-state index in [2.05, 4.69) is 16.4 Å². The summed E-state index contributed by atoms with van der Waals surface area (Å²) in [6, 6.07) is 13.9. The standard InChI is InChI=1S/C16H16N2O2S/c1-19-11-7-8-12(14(9-11)20-2)17-10-16-18-13-5-3-4-6-15(13)21-16/h3-9,17H,10H2,1-2H3. The molecule has 1 N–H and O–H groups in total. The van der Waals surface area contributed by atoms with Crippen LogP contribution in [-0.4, -0.2) is 19.2 Å². The van der Waals surface area contributed by atoms with E-state index in [9.17, 15) is 0 Å².